The highest BCUT2D eigenvalue weighted by molar-refractivity contribution is 5.95. The molecule has 2 N–H and O–H groups in total. The lowest BCUT2D eigenvalue weighted by atomic mass is 10.1. The summed E-state index contributed by atoms with van der Waals surface area (Å²) in [5.74, 6) is 1.23. The molecule has 0 atom stereocenters. The molecule has 0 spiro atoms. The molecule has 0 aliphatic carbocycles. The number of anilines is 1. The lowest BCUT2D eigenvalue weighted by Crippen LogP contribution is -2.27. The van der Waals surface area contributed by atoms with E-state index in [2.05, 4.69) is 61.7 Å². The van der Waals surface area contributed by atoms with E-state index < -0.39 is 0 Å². The van der Waals surface area contributed by atoms with Gasteiger partial charge in [-0.2, -0.15) is 0 Å². The molecule has 0 saturated heterocycles. The van der Waals surface area contributed by atoms with Crippen molar-refractivity contribution >= 4 is 11.6 Å². The van der Waals surface area contributed by atoms with Crippen molar-refractivity contribution in [3.05, 3.63) is 95.1 Å². The van der Waals surface area contributed by atoms with Gasteiger partial charge >= 0.3 is 0 Å². The van der Waals surface area contributed by atoms with E-state index in [0.29, 0.717) is 31.2 Å². The Hall–Kier alpha value is -3.27. The van der Waals surface area contributed by atoms with Gasteiger partial charge in [-0.3, -0.25) is 4.79 Å². The Kier molecular flexibility index (Phi) is 7.50. The first-order valence-electron chi connectivity index (χ1n) is 10.4. The predicted octanol–water partition coefficient (Wildman–Crippen LogP) is 5.57. The second-order valence-corrected chi connectivity index (χ2v) is 7.96. The molecule has 156 valence electrons. The van der Waals surface area contributed by atoms with Crippen LogP contribution in [0.4, 0.5) is 5.69 Å². The molecule has 0 aliphatic heterocycles. The summed E-state index contributed by atoms with van der Waals surface area (Å²) in [4.78, 5) is 12.3. The van der Waals surface area contributed by atoms with Gasteiger partial charge in [0, 0.05) is 24.3 Å². The fourth-order valence-corrected chi connectivity index (χ4v) is 2.97. The van der Waals surface area contributed by atoms with Crippen molar-refractivity contribution in [3.8, 4) is 5.75 Å². The highest BCUT2D eigenvalue weighted by atomic mass is 16.5. The lowest BCUT2D eigenvalue weighted by molar-refractivity contribution is 0.0949. The summed E-state index contributed by atoms with van der Waals surface area (Å²) >= 11 is 0. The van der Waals surface area contributed by atoms with Crippen molar-refractivity contribution < 1.29 is 9.53 Å². The Morgan fingerprint density at radius 3 is 2.47 bits per heavy atom. The van der Waals surface area contributed by atoms with Crippen LogP contribution in [0.25, 0.3) is 0 Å². The molecule has 30 heavy (non-hydrogen) atoms. The fourth-order valence-electron chi connectivity index (χ4n) is 2.97. The van der Waals surface area contributed by atoms with Crippen LogP contribution in [0.2, 0.25) is 0 Å². The van der Waals surface area contributed by atoms with Gasteiger partial charge in [-0.05, 0) is 54.3 Å². The van der Waals surface area contributed by atoms with Crippen molar-refractivity contribution in [2.45, 2.75) is 33.9 Å². The molecule has 3 aromatic rings. The van der Waals surface area contributed by atoms with E-state index in [0.717, 1.165) is 22.6 Å². The zero-order valence-electron chi connectivity index (χ0n) is 17.9. The summed E-state index contributed by atoms with van der Waals surface area (Å²) in [6, 6.07) is 24.0. The second kappa shape index (κ2) is 10.5. The molecule has 3 aromatic carbocycles. The minimum atomic E-state index is -0.0427. The van der Waals surface area contributed by atoms with Crippen molar-refractivity contribution in [2.24, 2.45) is 5.92 Å². The summed E-state index contributed by atoms with van der Waals surface area (Å²) in [7, 11) is 0. The highest BCUT2D eigenvalue weighted by Gasteiger charge is 2.07. The molecule has 0 aromatic heterocycles. The first kappa shape index (κ1) is 21.4. The van der Waals surface area contributed by atoms with E-state index >= 15 is 0 Å². The van der Waals surface area contributed by atoms with Gasteiger partial charge in [0.25, 0.3) is 5.91 Å². The Labute approximate surface area is 179 Å². The number of carbonyl (C=O) groups excluding carboxylic acids is 1. The average molecular weight is 403 g/mol. The number of amides is 1. The fraction of sp³-hybridized carbons (Fsp3) is 0.269. The summed E-state index contributed by atoms with van der Waals surface area (Å²) in [6.45, 7) is 8.11. The molecule has 0 saturated carbocycles. The first-order chi connectivity index (χ1) is 14.5. The topological polar surface area (TPSA) is 50.4 Å². The molecule has 3 rings (SSSR count). The molecular weight excluding hydrogens is 372 g/mol. The maximum Gasteiger partial charge on any atom is 0.251 e. The van der Waals surface area contributed by atoms with E-state index in [9.17, 15) is 4.79 Å². The van der Waals surface area contributed by atoms with Gasteiger partial charge in [-0.15, -0.1) is 0 Å². The van der Waals surface area contributed by atoms with Crippen molar-refractivity contribution in [3.63, 3.8) is 0 Å². The SMILES string of the molecule is Cc1ccc(COc2cccc(CNc3cccc(C(=O)NCC(C)C)c3)c2)cc1. The highest BCUT2D eigenvalue weighted by Crippen LogP contribution is 2.18. The van der Waals surface area contributed by atoms with Crippen LogP contribution in [0, 0.1) is 12.8 Å². The number of hydrogen-bond acceptors (Lipinski definition) is 3. The van der Waals surface area contributed by atoms with Gasteiger partial charge in [0.05, 0.1) is 0 Å². The third kappa shape index (κ3) is 6.66. The molecular formula is C26H30N2O2. The number of ether oxygens (including phenoxy) is 1. The van der Waals surface area contributed by atoms with Gasteiger partial charge < -0.3 is 15.4 Å². The molecule has 0 fully saturated rings. The maximum absolute atomic E-state index is 12.3. The quantitative estimate of drug-likeness (QED) is 0.492. The first-order valence-corrected chi connectivity index (χ1v) is 10.4. The Balaban J connectivity index is 1.55. The van der Waals surface area contributed by atoms with Gasteiger partial charge in [0.2, 0.25) is 0 Å². The number of aryl methyl sites for hydroxylation is 1. The van der Waals surface area contributed by atoms with Gasteiger partial charge in [-0.25, -0.2) is 0 Å². The van der Waals surface area contributed by atoms with Crippen LogP contribution in [-0.2, 0) is 13.2 Å². The summed E-state index contributed by atoms with van der Waals surface area (Å²) in [6.07, 6.45) is 0. The molecule has 4 nitrogen and oxygen atoms in total. The molecule has 1 amide bonds. The average Bonchev–Trinajstić information content (AvgIpc) is 2.76. The van der Waals surface area contributed by atoms with E-state index in [1.807, 2.05) is 42.5 Å². The number of nitrogens with one attached hydrogen (secondary N) is 2. The largest absolute Gasteiger partial charge is 0.489 e. The Bertz CT molecular complexity index is 965. The molecule has 0 aliphatic rings. The lowest BCUT2D eigenvalue weighted by Gasteiger charge is -2.11. The normalized spacial score (nSPS) is 10.7. The maximum atomic E-state index is 12.3. The summed E-state index contributed by atoms with van der Waals surface area (Å²) < 4.78 is 5.94. The molecule has 0 radical (unpaired) electrons. The van der Waals surface area contributed by atoms with E-state index in [-0.39, 0.29) is 5.91 Å². The smallest absolute Gasteiger partial charge is 0.251 e. The van der Waals surface area contributed by atoms with E-state index in [1.54, 1.807) is 0 Å². The number of rotatable bonds is 9. The van der Waals surface area contributed by atoms with Crippen LogP contribution < -0.4 is 15.4 Å². The molecule has 4 heteroatoms. The van der Waals surface area contributed by atoms with E-state index in [1.165, 1.54) is 5.56 Å². The van der Waals surface area contributed by atoms with Crippen LogP contribution in [0.5, 0.6) is 5.75 Å². The van der Waals surface area contributed by atoms with Crippen molar-refractivity contribution in [1.82, 2.24) is 5.32 Å². The van der Waals surface area contributed by atoms with Gasteiger partial charge in [0.15, 0.2) is 0 Å². The summed E-state index contributed by atoms with van der Waals surface area (Å²) in [5, 5.41) is 6.35. The van der Waals surface area contributed by atoms with Crippen molar-refractivity contribution in [2.75, 3.05) is 11.9 Å². The van der Waals surface area contributed by atoms with Crippen LogP contribution in [0.1, 0.15) is 40.9 Å². The van der Waals surface area contributed by atoms with Gasteiger partial charge in [0.1, 0.15) is 12.4 Å². The number of benzene rings is 3. The van der Waals surface area contributed by atoms with E-state index in [4.69, 9.17) is 4.74 Å². The van der Waals surface area contributed by atoms with Crippen LogP contribution in [-0.4, -0.2) is 12.5 Å². The molecule has 0 unspecified atom stereocenters. The van der Waals surface area contributed by atoms with Crippen molar-refractivity contribution in [1.29, 1.82) is 0 Å². The number of carbonyl (C=O) groups is 1. The Morgan fingerprint density at radius 2 is 1.70 bits per heavy atom. The zero-order chi connectivity index (χ0) is 21.3. The van der Waals surface area contributed by atoms with Crippen LogP contribution in [0.3, 0.4) is 0 Å². The third-order valence-corrected chi connectivity index (χ3v) is 4.72. The second-order valence-electron chi connectivity index (χ2n) is 7.96. The minimum Gasteiger partial charge on any atom is -0.489 e. The third-order valence-electron chi connectivity index (χ3n) is 4.72. The molecule has 0 heterocycles. The van der Waals surface area contributed by atoms with Gasteiger partial charge in [-0.1, -0.05) is 61.9 Å². The zero-order valence-corrected chi connectivity index (χ0v) is 17.9. The predicted molar refractivity (Wildman–Crippen MR) is 123 cm³/mol. The molecule has 0 bridgehead atoms. The number of hydrogen-bond donors (Lipinski definition) is 2. The minimum absolute atomic E-state index is 0.0427. The standard InChI is InChI=1S/C26H30N2O2/c1-19(2)16-28-26(29)23-7-5-8-24(15-23)27-17-22-6-4-9-25(14-22)30-18-21-12-10-20(3)11-13-21/h4-15,19,27H,16-18H2,1-3H3,(H,28,29). The van der Waals surface area contributed by atoms with Crippen LogP contribution in [0.15, 0.2) is 72.8 Å². The summed E-state index contributed by atoms with van der Waals surface area (Å²) in [5.41, 5.74) is 5.09. The monoisotopic (exact) mass is 402 g/mol. The Morgan fingerprint density at radius 1 is 0.933 bits per heavy atom. The van der Waals surface area contributed by atoms with Crippen LogP contribution >= 0.6 is 0 Å².